The molecule has 0 aliphatic rings. The zero-order chi connectivity index (χ0) is 13.6. The molecule has 0 saturated carbocycles. The van der Waals surface area contributed by atoms with Gasteiger partial charge in [-0.2, -0.15) is 0 Å². The van der Waals surface area contributed by atoms with Crippen LogP contribution in [0.25, 0.3) is 0 Å². The van der Waals surface area contributed by atoms with E-state index in [4.69, 9.17) is 4.74 Å². The summed E-state index contributed by atoms with van der Waals surface area (Å²) in [5.74, 6) is 1.51. The number of ether oxygens (including phenoxy) is 1. The van der Waals surface area contributed by atoms with E-state index in [1.165, 1.54) is 9.13 Å². The van der Waals surface area contributed by atoms with Crippen LogP contribution >= 0.6 is 22.6 Å². The van der Waals surface area contributed by atoms with Gasteiger partial charge in [0.15, 0.2) is 0 Å². The quantitative estimate of drug-likeness (QED) is 0.420. The van der Waals surface area contributed by atoms with E-state index in [1.54, 1.807) is 7.11 Å². The minimum absolute atomic E-state index is 0.523. The van der Waals surface area contributed by atoms with Crippen molar-refractivity contribution < 1.29 is 22.0 Å². The lowest BCUT2D eigenvalue weighted by molar-refractivity contribution is 0.368. The summed E-state index contributed by atoms with van der Waals surface area (Å²) in [6.07, 6.45) is 0. The molecule has 1 aromatic carbocycles. The highest BCUT2D eigenvalue weighted by molar-refractivity contribution is 14.1. The summed E-state index contributed by atoms with van der Waals surface area (Å²) in [5.41, 5.74) is 1.28. The summed E-state index contributed by atoms with van der Waals surface area (Å²) < 4.78 is 45.5. The number of rotatable bonds is 2. The Balaban J connectivity index is 0.000000437. The standard InChI is InChI=1S/C10H13IO.BF4/c1-7(2)9-6-8(11)4-5-10(9)12-3;2-1(3,4)5/h4-7H,1-3H3;/q;-1. The van der Waals surface area contributed by atoms with Gasteiger partial charge >= 0.3 is 7.25 Å². The molecule has 0 unspecified atom stereocenters. The first-order valence-electron chi connectivity index (χ1n) is 4.86. The van der Waals surface area contributed by atoms with Crippen LogP contribution in [0.5, 0.6) is 5.75 Å². The normalized spacial score (nSPS) is 10.9. The van der Waals surface area contributed by atoms with Gasteiger partial charge < -0.3 is 22.0 Å². The molecule has 0 aliphatic heterocycles. The Morgan fingerprint density at radius 3 is 2.00 bits per heavy atom. The Bertz CT molecular complexity index is 349. The number of methoxy groups -OCH3 is 1. The zero-order valence-corrected chi connectivity index (χ0v) is 11.8. The lowest BCUT2D eigenvalue weighted by atomic mass is 10.0. The van der Waals surface area contributed by atoms with Gasteiger partial charge in [-0.25, -0.2) is 0 Å². The van der Waals surface area contributed by atoms with Crippen molar-refractivity contribution in [1.29, 1.82) is 0 Å². The Morgan fingerprint density at radius 2 is 1.65 bits per heavy atom. The molecular weight excluding hydrogens is 350 g/mol. The van der Waals surface area contributed by atoms with Crippen LogP contribution < -0.4 is 4.74 Å². The largest absolute Gasteiger partial charge is 0.673 e. The second-order valence-corrected chi connectivity index (χ2v) is 4.78. The second-order valence-electron chi connectivity index (χ2n) is 3.54. The van der Waals surface area contributed by atoms with Crippen LogP contribution in [-0.2, 0) is 0 Å². The molecule has 0 spiro atoms. The third-order valence-corrected chi connectivity index (χ3v) is 2.48. The van der Waals surface area contributed by atoms with E-state index in [0.29, 0.717) is 5.92 Å². The predicted molar refractivity (Wildman–Crippen MR) is 70.0 cm³/mol. The van der Waals surface area contributed by atoms with Crippen molar-refractivity contribution in [2.75, 3.05) is 7.11 Å². The Hall–Kier alpha value is -0.465. The summed E-state index contributed by atoms with van der Waals surface area (Å²) in [4.78, 5) is 0. The fraction of sp³-hybridized carbons (Fsp3) is 0.400. The van der Waals surface area contributed by atoms with Crippen LogP contribution in [0, 0.1) is 3.57 Å². The maximum Gasteiger partial charge on any atom is 0.673 e. The smallest absolute Gasteiger partial charge is 0.496 e. The summed E-state index contributed by atoms with van der Waals surface area (Å²) in [7, 11) is -4.28. The van der Waals surface area contributed by atoms with Crippen molar-refractivity contribution in [2.45, 2.75) is 19.8 Å². The summed E-state index contributed by atoms with van der Waals surface area (Å²) >= 11 is 2.32. The fourth-order valence-electron chi connectivity index (χ4n) is 1.16. The Morgan fingerprint density at radius 1 is 1.18 bits per heavy atom. The van der Waals surface area contributed by atoms with E-state index < -0.39 is 7.25 Å². The van der Waals surface area contributed by atoms with Crippen molar-refractivity contribution in [3.8, 4) is 5.75 Å². The molecule has 0 aromatic heterocycles. The molecule has 1 aromatic rings. The monoisotopic (exact) mass is 363 g/mol. The van der Waals surface area contributed by atoms with E-state index in [1.807, 2.05) is 6.07 Å². The summed E-state index contributed by atoms with van der Waals surface area (Å²) in [6.45, 7) is 4.35. The number of hydrogen-bond acceptors (Lipinski definition) is 1. The topological polar surface area (TPSA) is 9.23 Å². The minimum atomic E-state index is -6.00. The van der Waals surface area contributed by atoms with Crippen molar-refractivity contribution >= 4 is 29.8 Å². The highest BCUT2D eigenvalue weighted by Gasteiger charge is 2.20. The first kappa shape index (κ1) is 16.5. The SMILES string of the molecule is COc1ccc(I)cc1C(C)C.F[B-](F)(F)F. The van der Waals surface area contributed by atoms with Gasteiger partial charge in [0.2, 0.25) is 0 Å². The van der Waals surface area contributed by atoms with Crippen LogP contribution in [0.3, 0.4) is 0 Å². The zero-order valence-electron chi connectivity index (χ0n) is 9.68. The molecule has 0 bridgehead atoms. The molecule has 0 fully saturated rings. The molecule has 0 aliphatic carbocycles. The van der Waals surface area contributed by atoms with Gasteiger partial charge in [-0.1, -0.05) is 13.8 Å². The van der Waals surface area contributed by atoms with Gasteiger partial charge in [-0.15, -0.1) is 0 Å². The first-order valence-corrected chi connectivity index (χ1v) is 5.93. The van der Waals surface area contributed by atoms with E-state index in [0.717, 1.165) is 5.75 Å². The molecule has 0 saturated heterocycles. The van der Waals surface area contributed by atoms with E-state index >= 15 is 0 Å². The van der Waals surface area contributed by atoms with Gasteiger partial charge in [0.1, 0.15) is 5.75 Å². The lowest BCUT2D eigenvalue weighted by Gasteiger charge is -2.11. The van der Waals surface area contributed by atoms with Crippen LogP contribution in [0.1, 0.15) is 25.3 Å². The molecule has 17 heavy (non-hydrogen) atoms. The van der Waals surface area contributed by atoms with Gasteiger partial charge in [-0.3, -0.25) is 0 Å². The van der Waals surface area contributed by atoms with Gasteiger partial charge in [-0.05, 0) is 52.3 Å². The highest BCUT2D eigenvalue weighted by Crippen LogP contribution is 2.27. The molecular formula is C10H13BF4IO-. The minimum Gasteiger partial charge on any atom is -0.496 e. The Labute approximate surface area is 112 Å². The van der Waals surface area contributed by atoms with Crippen LogP contribution in [-0.4, -0.2) is 14.4 Å². The van der Waals surface area contributed by atoms with Crippen LogP contribution in [0.4, 0.5) is 17.3 Å². The van der Waals surface area contributed by atoms with Gasteiger partial charge in [0, 0.05) is 3.57 Å². The molecule has 0 heterocycles. The summed E-state index contributed by atoms with van der Waals surface area (Å²) in [6, 6.07) is 6.26. The Kier molecular flexibility index (Phi) is 6.88. The third-order valence-electron chi connectivity index (χ3n) is 1.81. The van der Waals surface area contributed by atoms with Crippen molar-refractivity contribution in [3.63, 3.8) is 0 Å². The molecule has 7 heteroatoms. The molecule has 1 rings (SSSR count). The third kappa shape index (κ3) is 8.28. The van der Waals surface area contributed by atoms with E-state index in [2.05, 4.69) is 48.6 Å². The maximum absolute atomic E-state index is 9.75. The number of hydrogen-bond donors (Lipinski definition) is 0. The van der Waals surface area contributed by atoms with Crippen molar-refractivity contribution in [3.05, 3.63) is 27.3 Å². The molecule has 0 N–H and O–H groups in total. The van der Waals surface area contributed by atoms with Crippen LogP contribution in [0.2, 0.25) is 0 Å². The molecule has 0 amide bonds. The van der Waals surface area contributed by atoms with Gasteiger partial charge in [0.05, 0.1) is 7.11 Å². The first-order chi connectivity index (χ1) is 7.65. The average Bonchev–Trinajstić information content (AvgIpc) is 2.15. The lowest BCUT2D eigenvalue weighted by Crippen LogP contribution is -2.02. The predicted octanol–water partition coefficient (Wildman–Crippen LogP) is 4.72. The van der Waals surface area contributed by atoms with Crippen molar-refractivity contribution in [1.82, 2.24) is 0 Å². The molecule has 98 valence electrons. The maximum atomic E-state index is 9.75. The van der Waals surface area contributed by atoms with E-state index in [-0.39, 0.29) is 0 Å². The molecule has 0 atom stereocenters. The highest BCUT2D eigenvalue weighted by atomic mass is 127. The molecule has 0 radical (unpaired) electrons. The van der Waals surface area contributed by atoms with Crippen LogP contribution in [0.15, 0.2) is 18.2 Å². The number of benzene rings is 1. The molecule has 1 nitrogen and oxygen atoms in total. The second kappa shape index (κ2) is 7.08. The number of halogens is 5. The summed E-state index contributed by atoms with van der Waals surface area (Å²) in [5, 5.41) is 0. The average molecular weight is 363 g/mol. The van der Waals surface area contributed by atoms with Gasteiger partial charge in [0.25, 0.3) is 0 Å². The van der Waals surface area contributed by atoms with E-state index in [9.17, 15) is 17.3 Å². The fourth-order valence-corrected chi connectivity index (χ4v) is 1.67. The van der Waals surface area contributed by atoms with Crippen molar-refractivity contribution in [2.24, 2.45) is 0 Å².